The van der Waals surface area contributed by atoms with Crippen molar-refractivity contribution < 1.29 is 14.7 Å². The minimum absolute atomic E-state index is 0.0344. The van der Waals surface area contributed by atoms with Gasteiger partial charge in [-0.25, -0.2) is 4.98 Å². The standard InChI is InChI=1S/C13H20N2O3S/c1-4-8(2)14-11(16)7-12-15-9(3)10(19-12)5-6-13(17)18/h8H,4-7H2,1-3H3,(H,14,16)(H,17,18). The number of carbonyl (C=O) groups is 2. The van der Waals surface area contributed by atoms with Crippen LogP contribution in [0.1, 0.15) is 42.3 Å². The number of nitrogens with zero attached hydrogens (tertiary/aromatic N) is 1. The SMILES string of the molecule is CCC(C)NC(=O)Cc1nc(C)c(CCC(=O)O)s1. The fourth-order valence-corrected chi connectivity index (χ4v) is 2.65. The number of aromatic nitrogens is 1. The normalized spacial score (nSPS) is 12.2. The molecule has 1 heterocycles. The molecule has 0 saturated heterocycles. The van der Waals surface area contributed by atoms with E-state index in [0.29, 0.717) is 6.42 Å². The average Bonchev–Trinajstić information content (AvgIpc) is 2.66. The van der Waals surface area contributed by atoms with Crippen molar-refractivity contribution in [3.05, 3.63) is 15.6 Å². The Balaban J connectivity index is 2.57. The lowest BCUT2D eigenvalue weighted by atomic mass is 10.2. The molecule has 0 aliphatic carbocycles. The number of nitrogens with one attached hydrogen (secondary N) is 1. The number of hydrogen-bond donors (Lipinski definition) is 2. The van der Waals surface area contributed by atoms with Gasteiger partial charge in [-0.3, -0.25) is 9.59 Å². The largest absolute Gasteiger partial charge is 0.481 e. The third-order valence-corrected chi connectivity index (χ3v) is 4.05. The maximum absolute atomic E-state index is 11.7. The van der Waals surface area contributed by atoms with E-state index in [0.717, 1.165) is 22.0 Å². The summed E-state index contributed by atoms with van der Waals surface area (Å²) in [6, 6.07) is 0.167. The third kappa shape index (κ3) is 5.38. The topological polar surface area (TPSA) is 79.3 Å². The van der Waals surface area contributed by atoms with Gasteiger partial charge in [-0.1, -0.05) is 6.92 Å². The predicted molar refractivity (Wildman–Crippen MR) is 74.4 cm³/mol. The fourth-order valence-electron chi connectivity index (χ4n) is 1.58. The van der Waals surface area contributed by atoms with Gasteiger partial charge in [0.05, 0.1) is 18.5 Å². The first-order valence-corrected chi connectivity index (χ1v) is 7.20. The average molecular weight is 284 g/mol. The maximum Gasteiger partial charge on any atom is 0.303 e. The highest BCUT2D eigenvalue weighted by Gasteiger charge is 2.13. The molecule has 0 spiro atoms. The number of aryl methyl sites for hydroxylation is 2. The van der Waals surface area contributed by atoms with Gasteiger partial charge < -0.3 is 10.4 Å². The van der Waals surface area contributed by atoms with Gasteiger partial charge in [-0.15, -0.1) is 11.3 Å². The quantitative estimate of drug-likeness (QED) is 0.802. The molecule has 0 saturated carbocycles. The van der Waals surface area contributed by atoms with Crippen LogP contribution in [-0.4, -0.2) is 28.0 Å². The summed E-state index contributed by atoms with van der Waals surface area (Å²) >= 11 is 1.43. The molecule has 1 aromatic heterocycles. The lowest BCUT2D eigenvalue weighted by Gasteiger charge is -2.09. The number of carbonyl (C=O) groups excluding carboxylic acids is 1. The Bertz CT molecular complexity index is 457. The summed E-state index contributed by atoms with van der Waals surface area (Å²) in [4.78, 5) is 27.6. The Kier molecular flexibility index (Phi) is 5.95. The van der Waals surface area contributed by atoms with Gasteiger partial charge in [0, 0.05) is 10.9 Å². The van der Waals surface area contributed by atoms with Crippen LogP contribution in [0.3, 0.4) is 0 Å². The second-order valence-electron chi connectivity index (χ2n) is 4.56. The summed E-state index contributed by atoms with van der Waals surface area (Å²) in [5.41, 5.74) is 0.831. The fraction of sp³-hybridized carbons (Fsp3) is 0.615. The van der Waals surface area contributed by atoms with Crippen LogP contribution in [0.2, 0.25) is 0 Å². The van der Waals surface area contributed by atoms with Crippen LogP contribution in [0.4, 0.5) is 0 Å². The summed E-state index contributed by atoms with van der Waals surface area (Å²) in [7, 11) is 0. The molecule has 1 aromatic rings. The van der Waals surface area contributed by atoms with Crippen LogP contribution in [-0.2, 0) is 22.4 Å². The second-order valence-corrected chi connectivity index (χ2v) is 5.73. The van der Waals surface area contributed by atoms with Crippen molar-refractivity contribution in [2.75, 3.05) is 0 Å². The summed E-state index contributed by atoms with van der Waals surface area (Å²) in [6.07, 6.45) is 1.74. The summed E-state index contributed by atoms with van der Waals surface area (Å²) in [5.74, 6) is -0.850. The van der Waals surface area contributed by atoms with Crippen LogP contribution < -0.4 is 5.32 Å². The molecule has 19 heavy (non-hydrogen) atoms. The first-order chi connectivity index (χ1) is 8.92. The van der Waals surface area contributed by atoms with Crippen molar-refractivity contribution in [3.8, 4) is 0 Å². The van der Waals surface area contributed by atoms with Crippen LogP contribution in [0.25, 0.3) is 0 Å². The molecule has 2 N–H and O–H groups in total. The monoisotopic (exact) mass is 284 g/mol. The molecule has 1 atom stereocenters. The Morgan fingerprint density at radius 2 is 2.16 bits per heavy atom. The van der Waals surface area contributed by atoms with E-state index in [9.17, 15) is 9.59 Å². The molecule has 5 nitrogen and oxygen atoms in total. The Morgan fingerprint density at radius 3 is 2.74 bits per heavy atom. The maximum atomic E-state index is 11.7. The molecule has 106 valence electrons. The number of hydrogen-bond acceptors (Lipinski definition) is 4. The van der Waals surface area contributed by atoms with Gasteiger partial charge in [-0.05, 0) is 26.7 Å². The zero-order chi connectivity index (χ0) is 14.4. The van der Waals surface area contributed by atoms with Crippen molar-refractivity contribution in [2.24, 2.45) is 0 Å². The van der Waals surface area contributed by atoms with Crippen LogP contribution in [0.15, 0.2) is 0 Å². The smallest absolute Gasteiger partial charge is 0.303 e. The Morgan fingerprint density at radius 1 is 1.47 bits per heavy atom. The van der Waals surface area contributed by atoms with E-state index in [1.165, 1.54) is 11.3 Å². The van der Waals surface area contributed by atoms with Gasteiger partial charge in [0.2, 0.25) is 5.91 Å². The molecular weight excluding hydrogens is 264 g/mol. The van der Waals surface area contributed by atoms with Crippen LogP contribution in [0, 0.1) is 6.92 Å². The van der Waals surface area contributed by atoms with Crippen molar-refractivity contribution in [1.82, 2.24) is 10.3 Å². The number of aliphatic carboxylic acids is 1. The number of rotatable bonds is 7. The first-order valence-electron chi connectivity index (χ1n) is 6.38. The van der Waals surface area contributed by atoms with E-state index >= 15 is 0 Å². The van der Waals surface area contributed by atoms with Crippen molar-refractivity contribution >= 4 is 23.2 Å². The Labute approximate surface area is 117 Å². The highest BCUT2D eigenvalue weighted by molar-refractivity contribution is 7.11. The zero-order valence-corrected chi connectivity index (χ0v) is 12.3. The minimum Gasteiger partial charge on any atom is -0.481 e. The summed E-state index contributed by atoms with van der Waals surface area (Å²) < 4.78 is 0. The van der Waals surface area contributed by atoms with Gasteiger partial charge in [0.15, 0.2) is 0 Å². The molecule has 1 amide bonds. The molecule has 0 aliphatic rings. The lowest BCUT2D eigenvalue weighted by Crippen LogP contribution is -2.33. The molecule has 0 aromatic carbocycles. The predicted octanol–water partition coefficient (Wildman–Crippen LogP) is 1.93. The molecule has 1 rings (SSSR count). The molecular formula is C13H20N2O3S. The van der Waals surface area contributed by atoms with Gasteiger partial charge in [0.25, 0.3) is 0 Å². The summed E-state index contributed by atoms with van der Waals surface area (Å²) in [5, 5.41) is 12.3. The number of carboxylic acid groups (broad SMARTS) is 1. The van der Waals surface area contributed by atoms with E-state index in [4.69, 9.17) is 5.11 Å². The van der Waals surface area contributed by atoms with Crippen LogP contribution in [0.5, 0.6) is 0 Å². The minimum atomic E-state index is -0.816. The molecule has 0 aliphatic heterocycles. The number of thiazole rings is 1. The first kappa shape index (κ1) is 15.6. The lowest BCUT2D eigenvalue weighted by molar-refractivity contribution is -0.137. The van der Waals surface area contributed by atoms with E-state index in [2.05, 4.69) is 10.3 Å². The molecule has 0 radical (unpaired) electrons. The molecule has 0 bridgehead atoms. The molecule has 6 heteroatoms. The summed E-state index contributed by atoms with van der Waals surface area (Å²) in [6.45, 7) is 5.83. The van der Waals surface area contributed by atoms with E-state index in [1.807, 2.05) is 20.8 Å². The van der Waals surface area contributed by atoms with Crippen LogP contribution >= 0.6 is 11.3 Å². The van der Waals surface area contributed by atoms with Gasteiger partial charge in [0.1, 0.15) is 5.01 Å². The molecule has 0 fully saturated rings. The molecule has 1 unspecified atom stereocenters. The highest BCUT2D eigenvalue weighted by atomic mass is 32.1. The van der Waals surface area contributed by atoms with E-state index in [-0.39, 0.29) is 24.8 Å². The third-order valence-electron chi connectivity index (χ3n) is 2.83. The second kappa shape index (κ2) is 7.23. The van der Waals surface area contributed by atoms with Crippen molar-refractivity contribution in [2.45, 2.75) is 52.5 Å². The highest BCUT2D eigenvalue weighted by Crippen LogP contribution is 2.20. The van der Waals surface area contributed by atoms with E-state index in [1.54, 1.807) is 0 Å². The Hall–Kier alpha value is -1.43. The zero-order valence-electron chi connectivity index (χ0n) is 11.5. The number of carboxylic acids is 1. The van der Waals surface area contributed by atoms with Gasteiger partial charge >= 0.3 is 5.97 Å². The van der Waals surface area contributed by atoms with Crippen molar-refractivity contribution in [3.63, 3.8) is 0 Å². The van der Waals surface area contributed by atoms with Gasteiger partial charge in [-0.2, -0.15) is 0 Å². The number of amides is 1. The van der Waals surface area contributed by atoms with Crippen molar-refractivity contribution in [1.29, 1.82) is 0 Å². The van der Waals surface area contributed by atoms with E-state index < -0.39 is 5.97 Å².